The second-order valence-corrected chi connectivity index (χ2v) is 3.88. The van der Waals surface area contributed by atoms with Gasteiger partial charge < -0.3 is 15.1 Å². The van der Waals surface area contributed by atoms with Crippen LogP contribution in [0, 0.1) is 5.92 Å². The molecule has 1 unspecified atom stereocenters. The Labute approximate surface area is 88.3 Å². The standard InChI is InChI=1S/C10H15N3O2/c11-4-8-3-10(14)13(5-8)2-1-9-6-15-7-12-9/h6-8H,1-5,11H2. The number of hydrogen-bond donors (Lipinski definition) is 1. The van der Waals surface area contributed by atoms with Crippen molar-refractivity contribution in [1.29, 1.82) is 0 Å². The number of nitrogens with zero attached hydrogens (tertiary/aromatic N) is 2. The number of rotatable bonds is 4. The van der Waals surface area contributed by atoms with Gasteiger partial charge in [-0.15, -0.1) is 0 Å². The van der Waals surface area contributed by atoms with Gasteiger partial charge in [0.1, 0.15) is 6.26 Å². The minimum atomic E-state index is 0.203. The number of carbonyl (C=O) groups excluding carboxylic acids is 1. The molecule has 1 aliphatic rings. The van der Waals surface area contributed by atoms with E-state index in [0.717, 1.165) is 18.7 Å². The maximum Gasteiger partial charge on any atom is 0.222 e. The Balaban J connectivity index is 1.83. The van der Waals surface area contributed by atoms with Crippen LogP contribution in [-0.2, 0) is 11.2 Å². The first kappa shape index (κ1) is 10.2. The molecule has 1 saturated heterocycles. The Hall–Kier alpha value is -1.36. The van der Waals surface area contributed by atoms with Crippen LogP contribution >= 0.6 is 0 Å². The van der Waals surface area contributed by atoms with E-state index >= 15 is 0 Å². The molecule has 5 nitrogen and oxygen atoms in total. The average Bonchev–Trinajstić information content (AvgIpc) is 2.84. The molecule has 82 valence electrons. The van der Waals surface area contributed by atoms with E-state index in [4.69, 9.17) is 10.2 Å². The number of aromatic nitrogens is 1. The summed E-state index contributed by atoms with van der Waals surface area (Å²) in [6, 6.07) is 0. The second-order valence-electron chi connectivity index (χ2n) is 3.88. The summed E-state index contributed by atoms with van der Waals surface area (Å²) >= 11 is 0. The molecule has 1 amide bonds. The molecule has 0 bridgehead atoms. The van der Waals surface area contributed by atoms with Gasteiger partial charge in [0.05, 0.1) is 5.69 Å². The van der Waals surface area contributed by atoms with E-state index in [2.05, 4.69) is 4.98 Å². The predicted octanol–water partition coefficient (Wildman–Crippen LogP) is 0.0243. The Morgan fingerprint density at radius 1 is 1.67 bits per heavy atom. The molecule has 0 spiro atoms. The van der Waals surface area contributed by atoms with Gasteiger partial charge in [0, 0.05) is 25.9 Å². The normalized spacial score (nSPS) is 21.3. The summed E-state index contributed by atoms with van der Waals surface area (Å²) in [4.78, 5) is 17.4. The van der Waals surface area contributed by atoms with Crippen molar-refractivity contribution >= 4 is 5.91 Å². The van der Waals surface area contributed by atoms with Crippen molar-refractivity contribution in [2.24, 2.45) is 11.7 Å². The number of amides is 1. The van der Waals surface area contributed by atoms with Crippen LogP contribution in [0.2, 0.25) is 0 Å². The maximum atomic E-state index is 11.5. The monoisotopic (exact) mass is 209 g/mol. The van der Waals surface area contributed by atoms with Crippen LogP contribution in [0.3, 0.4) is 0 Å². The first-order valence-electron chi connectivity index (χ1n) is 5.14. The van der Waals surface area contributed by atoms with Crippen LogP contribution in [0.4, 0.5) is 0 Å². The second kappa shape index (κ2) is 4.44. The SMILES string of the molecule is NCC1CC(=O)N(CCc2cocn2)C1. The fraction of sp³-hybridized carbons (Fsp3) is 0.600. The Bertz CT molecular complexity index is 323. The third-order valence-corrected chi connectivity index (χ3v) is 2.75. The molecule has 2 N–H and O–H groups in total. The molecule has 0 aromatic carbocycles. The van der Waals surface area contributed by atoms with Crippen molar-refractivity contribution in [1.82, 2.24) is 9.88 Å². The first-order chi connectivity index (χ1) is 7.29. The summed E-state index contributed by atoms with van der Waals surface area (Å²) in [5, 5.41) is 0. The molecule has 2 heterocycles. The van der Waals surface area contributed by atoms with Crippen LogP contribution in [0.5, 0.6) is 0 Å². The van der Waals surface area contributed by atoms with Crippen LogP contribution in [0.15, 0.2) is 17.1 Å². The van der Waals surface area contributed by atoms with Crippen molar-refractivity contribution in [2.75, 3.05) is 19.6 Å². The van der Waals surface area contributed by atoms with Gasteiger partial charge in [-0.3, -0.25) is 4.79 Å². The fourth-order valence-electron chi connectivity index (χ4n) is 1.84. The lowest BCUT2D eigenvalue weighted by atomic mass is 10.1. The van der Waals surface area contributed by atoms with Crippen molar-refractivity contribution in [3.05, 3.63) is 18.4 Å². The van der Waals surface area contributed by atoms with Gasteiger partial charge in [-0.05, 0) is 12.5 Å². The van der Waals surface area contributed by atoms with Gasteiger partial charge in [0.15, 0.2) is 6.39 Å². The largest absolute Gasteiger partial charge is 0.451 e. The average molecular weight is 209 g/mol. The summed E-state index contributed by atoms with van der Waals surface area (Å²) < 4.78 is 4.86. The van der Waals surface area contributed by atoms with Crippen molar-refractivity contribution < 1.29 is 9.21 Å². The Morgan fingerprint density at radius 3 is 3.13 bits per heavy atom. The number of oxazole rings is 1. The molecule has 1 atom stereocenters. The van der Waals surface area contributed by atoms with Crippen molar-refractivity contribution in [2.45, 2.75) is 12.8 Å². The molecule has 1 aliphatic heterocycles. The van der Waals surface area contributed by atoms with E-state index in [9.17, 15) is 4.79 Å². The predicted molar refractivity (Wildman–Crippen MR) is 53.9 cm³/mol. The first-order valence-corrected chi connectivity index (χ1v) is 5.14. The lowest BCUT2D eigenvalue weighted by molar-refractivity contribution is -0.127. The zero-order valence-electron chi connectivity index (χ0n) is 8.56. The van der Waals surface area contributed by atoms with E-state index in [-0.39, 0.29) is 5.91 Å². The topological polar surface area (TPSA) is 72.4 Å². The lowest BCUT2D eigenvalue weighted by Crippen LogP contribution is -2.28. The highest BCUT2D eigenvalue weighted by Gasteiger charge is 2.27. The summed E-state index contributed by atoms with van der Waals surface area (Å²) in [6.45, 7) is 2.08. The number of nitrogens with two attached hydrogens (primary N) is 1. The van der Waals surface area contributed by atoms with Crippen LogP contribution in [0.25, 0.3) is 0 Å². The zero-order chi connectivity index (χ0) is 10.7. The third kappa shape index (κ3) is 2.36. The minimum absolute atomic E-state index is 0.203. The number of carbonyl (C=O) groups is 1. The third-order valence-electron chi connectivity index (χ3n) is 2.75. The van der Waals surface area contributed by atoms with Crippen molar-refractivity contribution in [3.8, 4) is 0 Å². The summed E-state index contributed by atoms with van der Waals surface area (Å²) in [5.74, 6) is 0.531. The molecule has 0 aliphatic carbocycles. The molecule has 15 heavy (non-hydrogen) atoms. The molecule has 0 saturated carbocycles. The Morgan fingerprint density at radius 2 is 2.53 bits per heavy atom. The van der Waals surface area contributed by atoms with E-state index in [1.54, 1.807) is 6.26 Å². The highest BCUT2D eigenvalue weighted by molar-refractivity contribution is 5.78. The van der Waals surface area contributed by atoms with Gasteiger partial charge in [0.25, 0.3) is 0 Å². The molecule has 1 aromatic rings. The van der Waals surface area contributed by atoms with E-state index in [1.807, 2.05) is 4.90 Å². The van der Waals surface area contributed by atoms with Crippen LogP contribution in [-0.4, -0.2) is 35.4 Å². The van der Waals surface area contributed by atoms with E-state index in [0.29, 0.717) is 25.4 Å². The molecule has 5 heteroatoms. The van der Waals surface area contributed by atoms with Gasteiger partial charge in [-0.2, -0.15) is 0 Å². The number of hydrogen-bond acceptors (Lipinski definition) is 4. The summed E-state index contributed by atoms with van der Waals surface area (Å²) in [5.41, 5.74) is 6.43. The Kier molecular flexibility index (Phi) is 3.01. The quantitative estimate of drug-likeness (QED) is 0.759. The molecule has 1 fully saturated rings. The minimum Gasteiger partial charge on any atom is -0.451 e. The lowest BCUT2D eigenvalue weighted by Gasteiger charge is -2.15. The highest BCUT2D eigenvalue weighted by atomic mass is 16.3. The van der Waals surface area contributed by atoms with Gasteiger partial charge in [0.2, 0.25) is 5.91 Å². The van der Waals surface area contributed by atoms with Crippen molar-refractivity contribution in [3.63, 3.8) is 0 Å². The summed E-state index contributed by atoms with van der Waals surface area (Å²) in [7, 11) is 0. The smallest absolute Gasteiger partial charge is 0.222 e. The van der Waals surface area contributed by atoms with Gasteiger partial charge >= 0.3 is 0 Å². The van der Waals surface area contributed by atoms with Crippen LogP contribution in [0.1, 0.15) is 12.1 Å². The highest BCUT2D eigenvalue weighted by Crippen LogP contribution is 2.16. The maximum absolute atomic E-state index is 11.5. The van der Waals surface area contributed by atoms with Gasteiger partial charge in [-0.25, -0.2) is 4.98 Å². The van der Waals surface area contributed by atoms with E-state index < -0.39 is 0 Å². The molecule has 2 rings (SSSR count). The summed E-state index contributed by atoms with van der Waals surface area (Å²) in [6.07, 6.45) is 4.36. The molecular weight excluding hydrogens is 194 g/mol. The zero-order valence-corrected chi connectivity index (χ0v) is 8.56. The fourth-order valence-corrected chi connectivity index (χ4v) is 1.84. The number of likely N-dealkylation sites (tertiary alicyclic amines) is 1. The molecule has 1 aromatic heterocycles. The van der Waals surface area contributed by atoms with E-state index in [1.165, 1.54) is 6.39 Å². The molecule has 0 radical (unpaired) electrons. The van der Waals surface area contributed by atoms with Crippen LogP contribution < -0.4 is 5.73 Å². The van der Waals surface area contributed by atoms with Gasteiger partial charge in [-0.1, -0.05) is 0 Å². The molecular formula is C10H15N3O2.